The second-order valence-corrected chi connectivity index (χ2v) is 8.44. The van der Waals surface area contributed by atoms with Gasteiger partial charge in [0.2, 0.25) is 0 Å². The number of ketones is 2. The fourth-order valence-corrected chi connectivity index (χ4v) is 3.99. The third-order valence-electron chi connectivity index (χ3n) is 4.90. The van der Waals surface area contributed by atoms with Crippen molar-refractivity contribution in [2.45, 2.75) is 53.4 Å². The molecular formula is C18H24O4. The zero-order valence-corrected chi connectivity index (χ0v) is 13.8. The topological polar surface area (TPSA) is 63.6 Å². The summed E-state index contributed by atoms with van der Waals surface area (Å²) < 4.78 is 5.74. The van der Waals surface area contributed by atoms with E-state index in [0.717, 1.165) is 12.2 Å². The van der Waals surface area contributed by atoms with Gasteiger partial charge in [-0.25, -0.2) is 0 Å². The Morgan fingerprint density at radius 1 is 0.909 bits per heavy atom. The van der Waals surface area contributed by atoms with Crippen LogP contribution in [0.25, 0.3) is 0 Å². The Hall–Kier alpha value is -1.58. The van der Waals surface area contributed by atoms with Crippen LogP contribution in [0.15, 0.2) is 22.7 Å². The van der Waals surface area contributed by atoms with Crippen molar-refractivity contribution in [3.8, 4) is 0 Å². The van der Waals surface area contributed by atoms with E-state index in [-0.39, 0.29) is 34.1 Å². The summed E-state index contributed by atoms with van der Waals surface area (Å²) >= 11 is 0. The van der Waals surface area contributed by atoms with E-state index in [2.05, 4.69) is 13.8 Å². The lowest BCUT2D eigenvalue weighted by atomic mass is 9.69. The summed E-state index contributed by atoms with van der Waals surface area (Å²) in [5, 5.41) is 10.4. The minimum Gasteiger partial charge on any atom is -0.512 e. The van der Waals surface area contributed by atoms with Crippen LogP contribution >= 0.6 is 0 Å². The minimum absolute atomic E-state index is 0.0475. The second kappa shape index (κ2) is 4.71. The van der Waals surface area contributed by atoms with Crippen LogP contribution in [0.2, 0.25) is 0 Å². The molecule has 0 saturated heterocycles. The molecular weight excluding hydrogens is 280 g/mol. The number of carbonyl (C=O) groups is 2. The van der Waals surface area contributed by atoms with Crippen molar-refractivity contribution in [3.05, 3.63) is 22.7 Å². The Kier molecular flexibility index (Phi) is 3.28. The summed E-state index contributed by atoms with van der Waals surface area (Å²) in [4.78, 5) is 25.0. The molecule has 2 aliphatic carbocycles. The summed E-state index contributed by atoms with van der Waals surface area (Å²) in [6.45, 7) is 8.36. The lowest BCUT2D eigenvalue weighted by molar-refractivity contribution is -0.119. The number of Topliss-reactive ketones (excluding diaryl/α,β-unsaturated/α-hetero) is 2. The molecule has 120 valence electrons. The van der Waals surface area contributed by atoms with Crippen LogP contribution in [-0.4, -0.2) is 23.3 Å². The molecule has 3 rings (SSSR count). The van der Waals surface area contributed by atoms with Crippen molar-refractivity contribution in [3.63, 3.8) is 0 Å². The zero-order chi connectivity index (χ0) is 16.3. The summed E-state index contributed by atoms with van der Waals surface area (Å²) in [6.07, 6.45) is 2.08. The van der Waals surface area contributed by atoms with Crippen molar-refractivity contribution in [2.24, 2.45) is 16.7 Å². The van der Waals surface area contributed by atoms with Crippen LogP contribution < -0.4 is 0 Å². The molecule has 0 aromatic rings. The number of carbonyl (C=O) groups excluding carboxylic acids is 2. The van der Waals surface area contributed by atoms with Crippen molar-refractivity contribution in [2.75, 3.05) is 6.61 Å². The maximum absolute atomic E-state index is 12.5. The van der Waals surface area contributed by atoms with Gasteiger partial charge >= 0.3 is 0 Å². The highest BCUT2D eigenvalue weighted by Crippen LogP contribution is 2.47. The van der Waals surface area contributed by atoms with Gasteiger partial charge in [-0.15, -0.1) is 0 Å². The molecule has 4 heteroatoms. The van der Waals surface area contributed by atoms with Crippen LogP contribution in [0.1, 0.15) is 53.4 Å². The molecule has 3 aliphatic rings. The van der Waals surface area contributed by atoms with Crippen molar-refractivity contribution >= 4 is 11.6 Å². The van der Waals surface area contributed by atoms with Crippen molar-refractivity contribution in [1.29, 1.82) is 0 Å². The Bertz CT molecular complexity index is 619. The Labute approximate surface area is 131 Å². The Balaban J connectivity index is 1.99. The standard InChI is InChI=1S/C18H24O4/c1-17(2)5-11(19)15(12(20)6-17)10-9-22-14-8-18(3,4)7-13(21)16(10)14/h10,19H,5-9H2,1-4H3/t10-/m0/s1. The Morgan fingerprint density at radius 3 is 2.05 bits per heavy atom. The molecule has 0 fully saturated rings. The van der Waals surface area contributed by atoms with Gasteiger partial charge in [-0.05, 0) is 10.8 Å². The van der Waals surface area contributed by atoms with Gasteiger partial charge in [0.15, 0.2) is 11.6 Å². The van der Waals surface area contributed by atoms with Gasteiger partial charge < -0.3 is 9.84 Å². The van der Waals surface area contributed by atoms with E-state index in [9.17, 15) is 14.7 Å². The molecule has 0 bridgehead atoms. The number of aliphatic hydroxyl groups excluding tert-OH is 1. The number of hydrogen-bond acceptors (Lipinski definition) is 4. The van der Waals surface area contributed by atoms with Gasteiger partial charge in [-0.1, -0.05) is 27.7 Å². The number of rotatable bonds is 1. The first-order chi connectivity index (χ1) is 10.1. The van der Waals surface area contributed by atoms with Gasteiger partial charge in [0.05, 0.1) is 12.5 Å². The fraction of sp³-hybridized carbons (Fsp3) is 0.667. The molecule has 1 heterocycles. The lowest BCUT2D eigenvalue weighted by Gasteiger charge is -2.32. The van der Waals surface area contributed by atoms with E-state index in [1.165, 1.54) is 0 Å². The predicted octanol–water partition coefficient (Wildman–Crippen LogP) is 3.48. The van der Waals surface area contributed by atoms with Crippen LogP contribution in [0, 0.1) is 16.7 Å². The van der Waals surface area contributed by atoms with Gasteiger partial charge in [0.25, 0.3) is 0 Å². The van der Waals surface area contributed by atoms with Gasteiger partial charge in [0.1, 0.15) is 11.5 Å². The minimum atomic E-state index is -0.373. The molecule has 22 heavy (non-hydrogen) atoms. The van der Waals surface area contributed by atoms with Crippen LogP contribution in [0.3, 0.4) is 0 Å². The van der Waals surface area contributed by atoms with Gasteiger partial charge in [0, 0.05) is 36.8 Å². The third-order valence-corrected chi connectivity index (χ3v) is 4.90. The number of hydrogen-bond donors (Lipinski definition) is 1. The third kappa shape index (κ3) is 2.49. The van der Waals surface area contributed by atoms with E-state index < -0.39 is 0 Å². The summed E-state index contributed by atoms with van der Waals surface area (Å²) in [6, 6.07) is 0. The highest BCUT2D eigenvalue weighted by Gasteiger charge is 2.46. The maximum Gasteiger partial charge on any atom is 0.163 e. The van der Waals surface area contributed by atoms with Gasteiger partial charge in [-0.2, -0.15) is 0 Å². The SMILES string of the molecule is CC1(C)CC(=O)C([C@@H]2COC3=C2C(=O)CC(C)(C)C3)=C(O)C1. The number of ether oxygens (including phenoxy) is 1. The first kappa shape index (κ1) is 15.3. The molecule has 4 nitrogen and oxygen atoms in total. The molecule has 0 aromatic carbocycles. The zero-order valence-electron chi connectivity index (χ0n) is 13.8. The monoisotopic (exact) mass is 304 g/mol. The first-order valence-electron chi connectivity index (χ1n) is 7.94. The summed E-state index contributed by atoms with van der Waals surface area (Å²) in [5.74, 6) is 0.507. The number of aliphatic hydroxyl groups is 1. The normalized spacial score (nSPS) is 30.5. The summed E-state index contributed by atoms with van der Waals surface area (Å²) in [5.41, 5.74) is 0.728. The van der Waals surface area contributed by atoms with E-state index >= 15 is 0 Å². The molecule has 0 aromatic heterocycles. The second-order valence-electron chi connectivity index (χ2n) is 8.44. The van der Waals surface area contributed by atoms with Crippen LogP contribution in [0.4, 0.5) is 0 Å². The molecule has 0 radical (unpaired) electrons. The average Bonchev–Trinajstić information content (AvgIpc) is 2.68. The highest BCUT2D eigenvalue weighted by molar-refractivity contribution is 6.04. The quantitative estimate of drug-likeness (QED) is 0.805. The molecule has 1 N–H and O–H groups in total. The van der Waals surface area contributed by atoms with Crippen molar-refractivity contribution < 1.29 is 19.4 Å². The average molecular weight is 304 g/mol. The van der Waals surface area contributed by atoms with Crippen molar-refractivity contribution in [1.82, 2.24) is 0 Å². The molecule has 1 aliphatic heterocycles. The molecule has 1 atom stereocenters. The van der Waals surface area contributed by atoms with E-state index in [4.69, 9.17) is 4.74 Å². The summed E-state index contributed by atoms with van der Waals surface area (Å²) in [7, 11) is 0. The molecule has 0 unspecified atom stereocenters. The predicted molar refractivity (Wildman–Crippen MR) is 82.2 cm³/mol. The van der Waals surface area contributed by atoms with E-state index in [1.54, 1.807) is 0 Å². The highest BCUT2D eigenvalue weighted by atomic mass is 16.5. The maximum atomic E-state index is 12.5. The fourth-order valence-electron chi connectivity index (χ4n) is 3.99. The largest absolute Gasteiger partial charge is 0.512 e. The number of allylic oxidation sites excluding steroid dienone is 2. The first-order valence-corrected chi connectivity index (χ1v) is 7.94. The van der Waals surface area contributed by atoms with E-state index in [0.29, 0.717) is 37.0 Å². The smallest absolute Gasteiger partial charge is 0.163 e. The van der Waals surface area contributed by atoms with Gasteiger partial charge in [-0.3, -0.25) is 9.59 Å². The molecule has 0 saturated carbocycles. The Morgan fingerprint density at radius 2 is 1.45 bits per heavy atom. The van der Waals surface area contributed by atoms with Crippen LogP contribution in [0.5, 0.6) is 0 Å². The molecule has 0 spiro atoms. The van der Waals surface area contributed by atoms with Crippen LogP contribution in [-0.2, 0) is 14.3 Å². The lowest BCUT2D eigenvalue weighted by Crippen LogP contribution is -2.32. The van der Waals surface area contributed by atoms with E-state index in [1.807, 2.05) is 13.8 Å². The molecule has 0 amide bonds.